The molecule has 0 aromatic heterocycles. The zero-order valence-electron chi connectivity index (χ0n) is 45.0. The Bertz CT molecular complexity index is 4450. The number of anilines is 6. The Morgan fingerprint density at radius 2 is 0.512 bits per heavy atom. The Kier molecular flexibility index (Phi) is 9.16. The number of hydrogen-bond donors (Lipinski definition) is 0. The standard InChI is InChI=1S/C80H52N2/c1-13-35-69-47(19-1)43-48-20-2-14-36-70(48)81(69)51-39-41-61-67(45-51)75(65-33-17-31-63-73-53-23-5-9-27-57(53)77(79(63)65)58-28-10-6-24-54(58)73)62-42-40-52(82-71-37-15-3-21-49(71)44-50-22-4-16-38-72(50)82)46-68(62)76(61)66-34-18-32-64-74-55-25-7-11-29-59(55)78(80(64)66)60-30-12-8-26-56(60)74/h1-42,45-46,73-74,77-78H,43-44H2. The van der Waals surface area contributed by atoms with Crippen molar-refractivity contribution in [3.63, 3.8) is 0 Å². The van der Waals surface area contributed by atoms with Gasteiger partial charge in [0.05, 0.1) is 0 Å². The van der Waals surface area contributed by atoms with Crippen molar-refractivity contribution < 1.29 is 0 Å². The SMILES string of the molecule is c1ccc2c(c1)Cc1ccccc1N2c1ccc2c(-c3cccc4c3C3c5ccccc5C4c4ccccc43)c3cc(N4c5ccccc5Cc5ccccc54)ccc3c(-c3cccc4c3C3c5ccccc5C4c4ccccc43)c2c1. The molecule has 21 rings (SSSR count). The van der Waals surface area contributed by atoms with Gasteiger partial charge in [-0.05, 0) is 181 Å². The van der Waals surface area contributed by atoms with Crippen molar-refractivity contribution in [1.82, 2.24) is 0 Å². The van der Waals surface area contributed by atoms with E-state index in [1.54, 1.807) is 0 Å². The molecule has 13 aromatic rings. The van der Waals surface area contributed by atoms with Gasteiger partial charge in [-0.3, -0.25) is 0 Å². The van der Waals surface area contributed by atoms with Gasteiger partial charge in [0.25, 0.3) is 0 Å². The summed E-state index contributed by atoms with van der Waals surface area (Å²) in [6.07, 6.45) is 1.81. The fraction of sp³-hybridized carbons (Fsp3) is 0.0750. The highest BCUT2D eigenvalue weighted by atomic mass is 15.2. The van der Waals surface area contributed by atoms with Gasteiger partial charge in [0.2, 0.25) is 0 Å². The van der Waals surface area contributed by atoms with Crippen LogP contribution >= 0.6 is 0 Å². The highest BCUT2D eigenvalue weighted by molar-refractivity contribution is 6.23. The van der Waals surface area contributed by atoms with Gasteiger partial charge in [-0.25, -0.2) is 0 Å². The second-order valence-electron chi connectivity index (χ2n) is 23.6. The van der Waals surface area contributed by atoms with Gasteiger partial charge in [-0.15, -0.1) is 0 Å². The molecule has 2 aliphatic heterocycles. The van der Waals surface area contributed by atoms with Crippen LogP contribution < -0.4 is 9.80 Å². The first-order valence-electron chi connectivity index (χ1n) is 29.3. The number of benzene rings is 13. The molecule has 0 N–H and O–H groups in total. The minimum atomic E-state index is 0.0786. The quantitative estimate of drug-likeness (QED) is 0.162. The summed E-state index contributed by atoms with van der Waals surface area (Å²) in [6, 6.07) is 103. The van der Waals surface area contributed by atoms with Crippen molar-refractivity contribution in [3.8, 4) is 22.3 Å². The molecule has 0 fully saturated rings. The van der Waals surface area contributed by atoms with Crippen molar-refractivity contribution in [2.75, 3.05) is 9.80 Å². The van der Waals surface area contributed by atoms with Gasteiger partial charge < -0.3 is 9.80 Å². The molecule has 0 saturated carbocycles. The van der Waals surface area contributed by atoms with Crippen LogP contribution in [0.2, 0.25) is 0 Å². The van der Waals surface area contributed by atoms with Crippen molar-refractivity contribution in [1.29, 1.82) is 0 Å². The molecule has 82 heavy (non-hydrogen) atoms. The Labute approximate surface area is 477 Å². The van der Waals surface area contributed by atoms with Crippen LogP contribution in [-0.2, 0) is 12.8 Å². The summed E-state index contributed by atoms with van der Waals surface area (Å²) in [5.74, 6) is 0.442. The zero-order valence-corrected chi connectivity index (χ0v) is 45.0. The Morgan fingerprint density at radius 3 is 0.841 bits per heavy atom. The van der Waals surface area contributed by atoms with E-state index in [1.165, 1.54) is 156 Å². The van der Waals surface area contributed by atoms with Crippen LogP contribution in [0.1, 0.15) is 113 Å². The second kappa shape index (κ2) is 16.8. The second-order valence-corrected chi connectivity index (χ2v) is 23.6. The van der Waals surface area contributed by atoms with Crippen LogP contribution in [-0.4, -0.2) is 0 Å². The van der Waals surface area contributed by atoms with E-state index < -0.39 is 0 Å². The average Bonchev–Trinajstić information content (AvgIpc) is 2.73. The zero-order chi connectivity index (χ0) is 53.3. The van der Waals surface area contributed by atoms with E-state index in [1.807, 2.05) is 0 Å². The Hall–Kier alpha value is -10.0. The van der Waals surface area contributed by atoms with Gasteiger partial charge in [0.15, 0.2) is 0 Å². The van der Waals surface area contributed by atoms with Crippen LogP contribution in [0.25, 0.3) is 43.8 Å². The lowest BCUT2D eigenvalue weighted by Gasteiger charge is -2.43. The van der Waals surface area contributed by atoms with E-state index in [4.69, 9.17) is 0 Å². The molecule has 6 aliphatic carbocycles. The van der Waals surface area contributed by atoms with Crippen molar-refractivity contribution in [2.45, 2.75) is 36.5 Å². The molecule has 4 bridgehead atoms. The highest BCUT2D eigenvalue weighted by Gasteiger charge is 2.45. The van der Waals surface area contributed by atoms with E-state index in [0.717, 1.165) is 24.2 Å². The third-order valence-electron chi connectivity index (χ3n) is 19.8. The predicted octanol–water partition coefficient (Wildman–Crippen LogP) is 20.0. The van der Waals surface area contributed by atoms with Gasteiger partial charge in [0.1, 0.15) is 0 Å². The van der Waals surface area contributed by atoms with Gasteiger partial charge in [0, 0.05) is 70.6 Å². The molecule has 382 valence electrons. The van der Waals surface area contributed by atoms with Gasteiger partial charge in [-0.2, -0.15) is 0 Å². The van der Waals surface area contributed by atoms with Crippen molar-refractivity contribution in [2.24, 2.45) is 0 Å². The molecule has 2 heteroatoms. The average molecular weight is 1040 g/mol. The summed E-state index contributed by atoms with van der Waals surface area (Å²) in [6.45, 7) is 0. The lowest BCUT2D eigenvalue weighted by molar-refractivity contribution is 0.756. The lowest BCUT2D eigenvalue weighted by Crippen LogP contribution is -2.28. The smallest absolute Gasteiger partial charge is 0.0497 e. The molecule has 0 saturated heterocycles. The molecule has 2 nitrogen and oxygen atoms in total. The molecular weight excluding hydrogens is 989 g/mol. The maximum absolute atomic E-state index is 2.58. The van der Waals surface area contributed by atoms with E-state index in [9.17, 15) is 0 Å². The van der Waals surface area contributed by atoms with Crippen LogP contribution in [0.15, 0.2) is 267 Å². The predicted molar refractivity (Wildman–Crippen MR) is 337 cm³/mol. The number of rotatable bonds is 4. The summed E-state index contributed by atoms with van der Waals surface area (Å²) in [7, 11) is 0. The fourth-order valence-corrected chi connectivity index (χ4v) is 16.7. The third kappa shape index (κ3) is 5.98. The number of fused-ring (bicyclic) bond motifs is 6. The van der Waals surface area contributed by atoms with E-state index in [2.05, 4.69) is 277 Å². The summed E-state index contributed by atoms with van der Waals surface area (Å²) in [5.41, 5.74) is 35.0. The van der Waals surface area contributed by atoms with Crippen LogP contribution in [0, 0.1) is 0 Å². The maximum atomic E-state index is 2.58. The monoisotopic (exact) mass is 1040 g/mol. The number of para-hydroxylation sites is 4. The molecule has 0 radical (unpaired) electrons. The first-order valence-corrected chi connectivity index (χ1v) is 29.3. The molecule has 2 heterocycles. The fourth-order valence-electron chi connectivity index (χ4n) is 16.7. The molecule has 0 spiro atoms. The van der Waals surface area contributed by atoms with Crippen molar-refractivity contribution >= 4 is 55.7 Å². The largest absolute Gasteiger partial charge is 0.310 e. The van der Waals surface area contributed by atoms with Crippen molar-refractivity contribution in [3.05, 3.63) is 356 Å². The molecule has 8 aliphatic rings. The molecule has 0 unspecified atom stereocenters. The minimum absolute atomic E-state index is 0.0786. The summed E-state index contributed by atoms with van der Waals surface area (Å²) >= 11 is 0. The maximum Gasteiger partial charge on any atom is 0.0497 e. The molecule has 13 aromatic carbocycles. The summed E-state index contributed by atoms with van der Waals surface area (Å²) < 4.78 is 0. The number of nitrogens with zero attached hydrogens (tertiary/aromatic N) is 2. The van der Waals surface area contributed by atoms with E-state index >= 15 is 0 Å². The summed E-state index contributed by atoms with van der Waals surface area (Å²) in [4.78, 5) is 5.09. The third-order valence-corrected chi connectivity index (χ3v) is 19.8. The van der Waals surface area contributed by atoms with Gasteiger partial charge in [-0.1, -0.05) is 218 Å². The van der Waals surface area contributed by atoms with Crippen LogP contribution in [0.3, 0.4) is 0 Å². The molecule has 0 atom stereocenters. The van der Waals surface area contributed by atoms with E-state index in [-0.39, 0.29) is 23.7 Å². The minimum Gasteiger partial charge on any atom is -0.310 e. The first kappa shape index (κ1) is 44.8. The highest BCUT2D eigenvalue weighted by Crippen LogP contribution is 2.62. The Morgan fingerprint density at radius 1 is 0.232 bits per heavy atom. The Balaban J connectivity index is 0.967. The van der Waals surface area contributed by atoms with Crippen LogP contribution in [0.4, 0.5) is 34.1 Å². The normalized spacial score (nSPS) is 17.6. The van der Waals surface area contributed by atoms with Crippen LogP contribution in [0.5, 0.6) is 0 Å². The molecule has 0 amide bonds. The topological polar surface area (TPSA) is 6.48 Å². The molecular formula is C80H52N2. The number of hydrogen-bond acceptors (Lipinski definition) is 2. The van der Waals surface area contributed by atoms with E-state index in [0.29, 0.717) is 0 Å². The first-order chi connectivity index (χ1) is 40.7. The summed E-state index contributed by atoms with van der Waals surface area (Å²) in [5, 5.41) is 5.05. The lowest BCUT2D eigenvalue weighted by atomic mass is 9.59. The van der Waals surface area contributed by atoms with Gasteiger partial charge >= 0.3 is 0 Å².